The predicted molar refractivity (Wildman–Crippen MR) is 55.8 cm³/mol. The fourth-order valence-electron chi connectivity index (χ4n) is 1.33. The Morgan fingerprint density at radius 1 is 1.57 bits per heavy atom. The Morgan fingerprint density at radius 3 is 3.21 bits per heavy atom. The van der Waals surface area contributed by atoms with Crippen LogP contribution in [0.2, 0.25) is 0 Å². The Balaban J connectivity index is 2.27. The number of thiophene rings is 1. The minimum Gasteiger partial charge on any atom is -0.277 e. The minimum atomic E-state index is 0.540. The van der Waals surface area contributed by atoms with Gasteiger partial charge in [-0.15, -0.1) is 11.3 Å². The van der Waals surface area contributed by atoms with E-state index in [1.165, 1.54) is 4.88 Å². The van der Waals surface area contributed by atoms with Crippen LogP contribution in [-0.4, -0.2) is 10.2 Å². The molecule has 0 fully saturated rings. The number of aryl methyl sites for hydroxylation is 1. The van der Waals surface area contributed by atoms with Crippen molar-refractivity contribution >= 4 is 11.3 Å². The molecule has 4 heteroatoms. The Bertz CT molecular complexity index is 436. The van der Waals surface area contributed by atoms with Gasteiger partial charge in [0.05, 0.1) is 22.8 Å². The van der Waals surface area contributed by atoms with Crippen LogP contribution in [0.4, 0.5) is 0 Å². The number of rotatable bonds is 3. The first kappa shape index (κ1) is 8.97. The molecule has 0 amide bonds. The summed E-state index contributed by atoms with van der Waals surface area (Å²) in [5.41, 5.74) is 2.17. The second-order valence-corrected chi connectivity index (χ2v) is 3.85. The molecule has 0 saturated carbocycles. The topological polar surface area (TPSA) is 52.5 Å². The third kappa shape index (κ3) is 1.68. The summed E-state index contributed by atoms with van der Waals surface area (Å²) in [6.45, 7) is 0. The van der Waals surface area contributed by atoms with Gasteiger partial charge in [0.1, 0.15) is 0 Å². The molecule has 0 saturated heterocycles. The molecule has 0 aliphatic heterocycles. The lowest BCUT2D eigenvalue weighted by Gasteiger charge is -1.96. The maximum Gasteiger partial charge on any atom is 0.0782 e. The quantitative estimate of drug-likeness (QED) is 0.833. The number of nitrogens with one attached hydrogen (secondary N) is 1. The number of hydrogen-bond donors (Lipinski definition) is 1. The molecule has 2 rings (SSSR count). The van der Waals surface area contributed by atoms with E-state index in [9.17, 15) is 0 Å². The van der Waals surface area contributed by atoms with Gasteiger partial charge in [-0.05, 0) is 23.4 Å². The average molecular weight is 203 g/mol. The molecule has 0 radical (unpaired) electrons. The molecule has 14 heavy (non-hydrogen) atoms. The average Bonchev–Trinajstić information content (AvgIpc) is 2.84. The lowest BCUT2D eigenvalue weighted by molar-refractivity contribution is 1.02. The number of nitriles is 1. The van der Waals surface area contributed by atoms with Crippen molar-refractivity contribution in [2.45, 2.75) is 12.8 Å². The maximum atomic E-state index is 8.51. The molecular weight excluding hydrogens is 194 g/mol. The Kier molecular flexibility index (Phi) is 2.61. The van der Waals surface area contributed by atoms with Crippen LogP contribution in [0.25, 0.3) is 10.6 Å². The van der Waals surface area contributed by atoms with Crippen LogP contribution < -0.4 is 0 Å². The summed E-state index contributed by atoms with van der Waals surface area (Å²) in [6, 6.07) is 6.20. The third-order valence-corrected chi connectivity index (χ3v) is 2.88. The van der Waals surface area contributed by atoms with Crippen molar-refractivity contribution in [3.63, 3.8) is 0 Å². The van der Waals surface area contributed by atoms with Crippen LogP contribution in [-0.2, 0) is 6.42 Å². The number of aromatic amines is 1. The molecule has 2 heterocycles. The van der Waals surface area contributed by atoms with Crippen molar-refractivity contribution in [3.05, 3.63) is 29.3 Å². The first-order valence-electron chi connectivity index (χ1n) is 4.35. The normalized spacial score (nSPS) is 9.93. The number of aromatic nitrogens is 2. The van der Waals surface area contributed by atoms with Crippen molar-refractivity contribution in [1.29, 1.82) is 5.26 Å². The Labute approximate surface area is 86.0 Å². The molecule has 0 aromatic carbocycles. The van der Waals surface area contributed by atoms with Gasteiger partial charge in [-0.2, -0.15) is 10.4 Å². The SMILES string of the molecule is N#CCCc1cn[nH]c1-c1cccs1. The van der Waals surface area contributed by atoms with Gasteiger partial charge >= 0.3 is 0 Å². The van der Waals surface area contributed by atoms with E-state index in [0.29, 0.717) is 6.42 Å². The van der Waals surface area contributed by atoms with Gasteiger partial charge in [-0.3, -0.25) is 5.10 Å². The molecule has 2 aromatic rings. The highest BCUT2D eigenvalue weighted by molar-refractivity contribution is 7.13. The molecule has 0 bridgehead atoms. The molecule has 0 aliphatic rings. The van der Waals surface area contributed by atoms with Crippen LogP contribution in [0.1, 0.15) is 12.0 Å². The second kappa shape index (κ2) is 4.07. The van der Waals surface area contributed by atoms with E-state index < -0.39 is 0 Å². The summed E-state index contributed by atoms with van der Waals surface area (Å²) in [5, 5.41) is 17.5. The highest BCUT2D eigenvalue weighted by Gasteiger charge is 2.07. The van der Waals surface area contributed by atoms with E-state index in [4.69, 9.17) is 5.26 Å². The van der Waals surface area contributed by atoms with Gasteiger partial charge in [0.15, 0.2) is 0 Å². The summed E-state index contributed by atoms with van der Waals surface area (Å²) >= 11 is 1.67. The van der Waals surface area contributed by atoms with E-state index in [2.05, 4.69) is 16.3 Å². The standard InChI is InChI=1S/C10H9N3S/c11-5-1-3-8-7-12-13-10(8)9-4-2-6-14-9/h2,4,6-7H,1,3H2,(H,12,13). The van der Waals surface area contributed by atoms with E-state index in [-0.39, 0.29) is 0 Å². The second-order valence-electron chi connectivity index (χ2n) is 2.91. The van der Waals surface area contributed by atoms with Crippen molar-refractivity contribution in [2.24, 2.45) is 0 Å². The largest absolute Gasteiger partial charge is 0.277 e. The van der Waals surface area contributed by atoms with E-state index in [0.717, 1.165) is 17.7 Å². The van der Waals surface area contributed by atoms with Gasteiger partial charge in [0.2, 0.25) is 0 Å². The van der Waals surface area contributed by atoms with Gasteiger partial charge in [0, 0.05) is 6.42 Å². The highest BCUT2D eigenvalue weighted by atomic mass is 32.1. The van der Waals surface area contributed by atoms with Gasteiger partial charge in [0.25, 0.3) is 0 Å². The highest BCUT2D eigenvalue weighted by Crippen LogP contribution is 2.26. The molecule has 0 atom stereocenters. The van der Waals surface area contributed by atoms with Gasteiger partial charge in [-0.25, -0.2) is 0 Å². The van der Waals surface area contributed by atoms with Crippen molar-refractivity contribution in [1.82, 2.24) is 10.2 Å². The van der Waals surface area contributed by atoms with E-state index in [1.807, 2.05) is 17.5 Å². The first-order valence-corrected chi connectivity index (χ1v) is 5.23. The fraction of sp³-hybridized carbons (Fsp3) is 0.200. The van der Waals surface area contributed by atoms with Crippen LogP contribution in [0.3, 0.4) is 0 Å². The van der Waals surface area contributed by atoms with Gasteiger partial charge in [-0.1, -0.05) is 6.07 Å². The van der Waals surface area contributed by atoms with E-state index in [1.54, 1.807) is 17.5 Å². The predicted octanol–water partition coefficient (Wildman–Crippen LogP) is 2.59. The summed E-state index contributed by atoms with van der Waals surface area (Å²) in [6.07, 6.45) is 3.10. The number of nitrogens with zero attached hydrogens (tertiary/aromatic N) is 2. The number of H-pyrrole nitrogens is 1. The van der Waals surface area contributed by atoms with E-state index >= 15 is 0 Å². The number of hydrogen-bond acceptors (Lipinski definition) is 3. The van der Waals surface area contributed by atoms with Crippen LogP contribution in [0.5, 0.6) is 0 Å². The minimum absolute atomic E-state index is 0.540. The monoisotopic (exact) mass is 203 g/mol. The fourth-order valence-corrected chi connectivity index (χ4v) is 2.08. The zero-order chi connectivity index (χ0) is 9.80. The zero-order valence-electron chi connectivity index (χ0n) is 7.53. The molecule has 0 aliphatic carbocycles. The Hall–Kier alpha value is -1.60. The Morgan fingerprint density at radius 2 is 2.50 bits per heavy atom. The molecule has 0 unspecified atom stereocenters. The summed E-state index contributed by atoms with van der Waals surface area (Å²) in [5.74, 6) is 0. The summed E-state index contributed by atoms with van der Waals surface area (Å²) < 4.78 is 0. The maximum absolute atomic E-state index is 8.51. The lowest BCUT2D eigenvalue weighted by atomic mass is 10.1. The molecule has 2 aromatic heterocycles. The summed E-state index contributed by atoms with van der Waals surface area (Å²) in [7, 11) is 0. The van der Waals surface area contributed by atoms with Crippen molar-refractivity contribution < 1.29 is 0 Å². The van der Waals surface area contributed by atoms with Crippen LogP contribution in [0.15, 0.2) is 23.7 Å². The zero-order valence-corrected chi connectivity index (χ0v) is 8.34. The van der Waals surface area contributed by atoms with Crippen molar-refractivity contribution in [3.8, 4) is 16.6 Å². The van der Waals surface area contributed by atoms with Crippen LogP contribution in [0, 0.1) is 11.3 Å². The smallest absolute Gasteiger partial charge is 0.0782 e. The molecule has 3 nitrogen and oxygen atoms in total. The molecule has 70 valence electrons. The molecule has 0 spiro atoms. The van der Waals surface area contributed by atoms with Gasteiger partial charge < -0.3 is 0 Å². The molecule has 1 N–H and O–H groups in total. The summed E-state index contributed by atoms with van der Waals surface area (Å²) in [4.78, 5) is 1.18. The van der Waals surface area contributed by atoms with Crippen LogP contribution >= 0.6 is 11.3 Å². The third-order valence-electron chi connectivity index (χ3n) is 1.99. The molecular formula is C10H9N3S. The lowest BCUT2D eigenvalue weighted by Crippen LogP contribution is -1.84. The first-order chi connectivity index (χ1) is 6.92. The van der Waals surface area contributed by atoms with Crippen molar-refractivity contribution in [2.75, 3.05) is 0 Å².